The van der Waals surface area contributed by atoms with Gasteiger partial charge in [-0.3, -0.25) is 4.79 Å². The van der Waals surface area contributed by atoms with Gasteiger partial charge in [-0.1, -0.05) is 6.07 Å². The van der Waals surface area contributed by atoms with Gasteiger partial charge in [-0.25, -0.2) is 4.39 Å². The summed E-state index contributed by atoms with van der Waals surface area (Å²) in [6, 6.07) is 13.1. The molecule has 0 saturated carbocycles. The lowest BCUT2D eigenvalue weighted by molar-refractivity contribution is -1.02. The van der Waals surface area contributed by atoms with E-state index in [1.54, 1.807) is 23.0 Å². The van der Waals surface area contributed by atoms with Gasteiger partial charge < -0.3 is 24.2 Å². The van der Waals surface area contributed by atoms with Crippen LogP contribution in [0.2, 0.25) is 0 Å². The van der Waals surface area contributed by atoms with E-state index in [1.165, 1.54) is 23.6 Å². The lowest BCUT2D eigenvalue weighted by Crippen LogP contribution is -3.28. The Morgan fingerprint density at radius 3 is 2.19 bits per heavy atom. The molecule has 0 atom stereocenters. The smallest absolute Gasteiger partial charge is 0.278 e. The molecule has 1 heterocycles. The quantitative estimate of drug-likeness (QED) is 0.596. The largest absolute Gasteiger partial charge is 0.497 e. The second kappa shape index (κ2) is 11.1. The van der Waals surface area contributed by atoms with E-state index >= 15 is 0 Å². The number of nitrogens with zero attached hydrogens (tertiary/aromatic N) is 1. The molecule has 6 nitrogen and oxygen atoms in total. The molecule has 168 valence electrons. The minimum Gasteiger partial charge on any atom is -0.497 e. The molecular formula is C24H34FN3O3+2. The predicted molar refractivity (Wildman–Crippen MR) is 117 cm³/mol. The highest BCUT2D eigenvalue weighted by atomic mass is 19.1. The van der Waals surface area contributed by atoms with E-state index in [9.17, 15) is 9.18 Å². The average molecular weight is 432 g/mol. The number of ether oxygens (including phenoxy) is 2. The second-order valence-electron chi connectivity index (χ2n) is 8.08. The highest BCUT2D eigenvalue weighted by Crippen LogP contribution is 2.18. The summed E-state index contributed by atoms with van der Waals surface area (Å²) in [6.45, 7) is 8.52. The summed E-state index contributed by atoms with van der Waals surface area (Å²) in [5.41, 5.74) is 2.08. The molecule has 1 aliphatic rings. The number of benzene rings is 2. The van der Waals surface area contributed by atoms with E-state index in [0.29, 0.717) is 19.6 Å². The molecular weight excluding hydrogens is 397 g/mol. The molecule has 1 amide bonds. The Bertz CT molecular complexity index is 852. The van der Waals surface area contributed by atoms with Crippen LogP contribution in [0.15, 0.2) is 42.5 Å². The molecule has 0 radical (unpaired) electrons. The van der Waals surface area contributed by atoms with Gasteiger partial charge in [-0.15, -0.1) is 0 Å². The van der Waals surface area contributed by atoms with Crippen LogP contribution in [-0.2, 0) is 17.9 Å². The van der Waals surface area contributed by atoms with Crippen molar-refractivity contribution in [1.82, 2.24) is 4.90 Å². The Hall–Kier alpha value is -2.64. The molecule has 0 unspecified atom stereocenters. The number of amides is 1. The summed E-state index contributed by atoms with van der Waals surface area (Å²) in [4.78, 5) is 17.5. The molecule has 31 heavy (non-hydrogen) atoms. The zero-order valence-corrected chi connectivity index (χ0v) is 18.7. The molecule has 1 fully saturated rings. The maximum absolute atomic E-state index is 14.0. The van der Waals surface area contributed by atoms with Gasteiger partial charge in [-0.2, -0.15) is 0 Å². The maximum Gasteiger partial charge on any atom is 0.278 e. The third kappa shape index (κ3) is 6.42. The first kappa shape index (κ1) is 23.0. The van der Waals surface area contributed by atoms with E-state index in [0.717, 1.165) is 44.0 Å². The summed E-state index contributed by atoms with van der Waals surface area (Å²) >= 11 is 0. The number of carbonyl (C=O) groups excluding carboxylic acids is 1. The van der Waals surface area contributed by atoms with Crippen LogP contribution in [0.25, 0.3) is 0 Å². The summed E-state index contributed by atoms with van der Waals surface area (Å²) in [5.74, 6) is 0.819. The van der Waals surface area contributed by atoms with Crippen LogP contribution in [0.1, 0.15) is 18.1 Å². The normalized spacial score (nSPS) is 18.5. The van der Waals surface area contributed by atoms with E-state index in [2.05, 4.69) is 12.1 Å². The molecule has 3 rings (SSSR count). The Morgan fingerprint density at radius 2 is 1.61 bits per heavy atom. The molecule has 0 aromatic heterocycles. The highest BCUT2D eigenvalue weighted by Gasteiger charge is 2.26. The average Bonchev–Trinajstić information content (AvgIpc) is 2.79. The van der Waals surface area contributed by atoms with Gasteiger partial charge >= 0.3 is 0 Å². The molecule has 2 aromatic carbocycles. The van der Waals surface area contributed by atoms with E-state index in [-0.39, 0.29) is 11.7 Å². The van der Waals surface area contributed by atoms with E-state index in [1.807, 2.05) is 25.1 Å². The first-order chi connectivity index (χ1) is 15.0. The van der Waals surface area contributed by atoms with Crippen LogP contribution in [0, 0.1) is 5.82 Å². The third-order valence-electron chi connectivity index (χ3n) is 6.00. The summed E-state index contributed by atoms with van der Waals surface area (Å²) in [6.07, 6.45) is 0. The van der Waals surface area contributed by atoms with Crippen molar-refractivity contribution in [3.05, 3.63) is 59.4 Å². The Kier molecular flexibility index (Phi) is 8.26. The van der Waals surface area contributed by atoms with Gasteiger partial charge in [0.25, 0.3) is 5.91 Å². The molecule has 0 aliphatic carbocycles. The van der Waals surface area contributed by atoms with Crippen LogP contribution < -0.4 is 19.3 Å². The van der Waals surface area contributed by atoms with Crippen molar-refractivity contribution in [3.63, 3.8) is 0 Å². The molecule has 2 aromatic rings. The number of methoxy groups -OCH3 is 2. The summed E-state index contributed by atoms with van der Waals surface area (Å²) in [7, 11) is 3.12. The molecule has 1 saturated heterocycles. The Labute approximate surface area is 184 Å². The summed E-state index contributed by atoms with van der Waals surface area (Å²) < 4.78 is 24.2. The van der Waals surface area contributed by atoms with E-state index in [4.69, 9.17) is 9.47 Å². The fraction of sp³-hybridized carbons (Fsp3) is 0.458. The van der Waals surface area contributed by atoms with Crippen molar-refractivity contribution >= 4 is 5.91 Å². The van der Waals surface area contributed by atoms with Gasteiger partial charge in [0.05, 0.1) is 14.2 Å². The van der Waals surface area contributed by atoms with Gasteiger partial charge in [0, 0.05) is 18.7 Å². The first-order valence-electron chi connectivity index (χ1n) is 10.9. The lowest BCUT2D eigenvalue weighted by atomic mass is 10.2. The van der Waals surface area contributed by atoms with Crippen molar-refractivity contribution in [2.24, 2.45) is 0 Å². The van der Waals surface area contributed by atoms with Gasteiger partial charge in [0.1, 0.15) is 38.5 Å². The van der Waals surface area contributed by atoms with Crippen LogP contribution in [0.5, 0.6) is 11.5 Å². The van der Waals surface area contributed by atoms with Crippen molar-refractivity contribution in [2.45, 2.75) is 20.0 Å². The van der Waals surface area contributed by atoms with Gasteiger partial charge in [0.2, 0.25) is 0 Å². The number of halogens is 1. The van der Waals surface area contributed by atoms with Crippen LogP contribution >= 0.6 is 0 Å². The van der Waals surface area contributed by atoms with Crippen molar-refractivity contribution in [2.75, 3.05) is 53.5 Å². The van der Waals surface area contributed by atoms with Crippen LogP contribution in [0.4, 0.5) is 4.39 Å². The zero-order valence-electron chi connectivity index (χ0n) is 18.7. The standard InChI is InChI=1S/C24H32FN3O3/c1-4-28(17-20-7-10-23(31-3)22(25)15-20)24(29)18-27-13-11-26(12-14-27)16-19-5-8-21(30-2)9-6-19/h5-10,15H,4,11-14,16-18H2,1-3H3/p+2. The van der Waals surface area contributed by atoms with Gasteiger partial charge in [0.15, 0.2) is 18.1 Å². The van der Waals surface area contributed by atoms with Crippen LogP contribution in [0.3, 0.4) is 0 Å². The highest BCUT2D eigenvalue weighted by molar-refractivity contribution is 5.77. The number of piperazine rings is 1. The minimum atomic E-state index is -0.398. The number of carbonyl (C=O) groups is 1. The third-order valence-corrected chi connectivity index (χ3v) is 6.00. The maximum atomic E-state index is 14.0. The number of likely N-dealkylation sites (N-methyl/N-ethyl adjacent to an activating group) is 1. The fourth-order valence-electron chi connectivity index (χ4n) is 4.07. The zero-order chi connectivity index (χ0) is 22.2. The van der Waals surface area contributed by atoms with Gasteiger partial charge in [-0.05, 0) is 48.9 Å². The predicted octanol–water partition coefficient (Wildman–Crippen LogP) is 0.175. The molecule has 7 heteroatoms. The number of hydrogen-bond acceptors (Lipinski definition) is 3. The fourth-order valence-corrected chi connectivity index (χ4v) is 4.07. The minimum absolute atomic E-state index is 0.118. The monoisotopic (exact) mass is 431 g/mol. The van der Waals surface area contributed by atoms with Crippen molar-refractivity contribution in [3.8, 4) is 11.5 Å². The number of hydrogen-bond donors (Lipinski definition) is 2. The molecule has 0 bridgehead atoms. The number of quaternary nitrogens is 2. The molecule has 1 aliphatic heterocycles. The lowest BCUT2D eigenvalue weighted by Gasteiger charge is -2.31. The molecule has 2 N–H and O–H groups in total. The van der Waals surface area contributed by atoms with Crippen LogP contribution in [-0.4, -0.2) is 64.3 Å². The topological polar surface area (TPSA) is 47.6 Å². The molecule has 0 spiro atoms. The first-order valence-corrected chi connectivity index (χ1v) is 10.9. The van der Waals surface area contributed by atoms with Crippen molar-refractivity contribution in [1.29, 1.82) is 0 Å². The Morgan fingerprint density at radius 1 is 0.968 bits per heavy atom. The second-order valence-corrected chi connectivity index (χ2v) is 8.08. The number of nitrogens with one attached hydrogen (secondary N) is 2. The summed E-state index contributed by atoms with van der Waals surface area (Å²) in [5, 5.41) is 0. The Balaban J connectivity index is 1.47. The van der Waals surface area contributed by atoms with Crippen molar-refractivity contribution < 1.29 is 28.5 Å². The number of rotatable bonds is 9. The SMILES string of the molecule is CCN(Cc1ccc(OC)c(F)c1)C(=O)C[NH+]1CC[NH+](Cc2ccc(OC)cc2)CC1. The van der Waals surface area contributed by atoms with E-state index < -0.39 is 5.82 Å².